The molecule has 5 heterocycles. The molecule has 2 aromatic carbocycles. The molecule has 1 unspecified atom stereocenters. The van der Waals surface area contributed by atoms with Crippen LogP contribution in [0.15, 0.2) is 12.1 Å². The number of rotatable bonds is 15. The number of aliphatic hydroxyl groups excluding tert-OH is 8. The van der Waals surface area contributed by atoms with E-state index in [1.165, 1.54) is 46.9 Å². The van der Waals surface area contributed by atoms with Crippen molar-refractivity contribution < 1.29 is 118 Å². The number of aliphatic hydroxyl groups is 9. The van der Waals surface area contributed by atoms with Gasteiger partial charge in [-0.25, -0.2) is 0 Å². The van der Waals surface area contributed by atoms with Crippen LogP contribution in [0.3, 0.4) is 0 Å². The molecule has 24 nitrogen and oxygen atoms in total. The highest BCUT2D eigenvalue weighted by atomic mass is 16.7. The molecule has 25 atom stereocenters. The van der Waals surface area contributed by atoms with Gasteiger partial charge in [-0.05, 0) is 84.9 Å². The lowest BCUT2D eigenvalue weighted by Gasteiger charge is -2.46. The number of carbonyl (C=O) groups excluding carboxylic acids is 2. The van der Waals surface area contributed by atoms with Gasteiger partial charge in [0.05, 0.1) is 77.6 Å². The summed E-state index contributed by atoms with van der Waals surface area (Å²) in [5.41, 5.74) is -1.47. The molecule has 24 heteroatoms. The Hall–Kier alpha value is -3.32. The Morgan fingerprint density at radius 3 is 1.70 bits per heavy atom. The maximum Gasteiger partial charge on any atom is 0.202 e. The van der Waals surface area contributed by atoms with Crippen LogP contribution in [0, 0.1) is 12.8 Å². The third-order valence-corrected chi connectivity index (χ3v) is 15.9. The quantitative estimate of drug-likeness (QED) is 0.110. The van der Waals surface area contributed by atoms with Gasteiger partial charge in [-0.1, -0.05) is 0 Å². The molecule has 6 aliphatic rings. The number of carbonyl (C=O) groups is 2. The third-order valence-electron chi connectivity index (χ3n) is 15.9. The minimum Gasteiger partial charge on any atom is -0.507 e. The van der Waals surface area contributed by atoms with Crippen molar-refractivity contribution in [3.63, 3.8) is 0 Å². The average molecular weight is 1090 g/mol. The summed E-state index contributed by atoms with van der Waals surface area (Å²) in [6, 6.07) is 3.03. The molecule has 5 saturated heterocycles. The van der Waals surface area contributed by atoms with E-state index < -0.39 is 176 Å². The average Bonchev–Trinajstić information content (AvgIpc) is 3.38. The smallest absolute Gasteiger partial charge is 0.202 e. The highest BCUT2D eigenvalue weighted by Gasteiger charge is 2.51. The van der Waals surface area contributed by atoms with Crippen molar-refractivity contribution in [2.75, 3.05) is 7.11 Å². The maximum atomic E-state index is 15.0. The lowest BCUT2D eigenvalue weighted by molar-refractivity contribution is -0.334. The minimum absolute atomic E-state index is 0.0365. The zero-order valence-electron chi connectivity index (χ0n) is 44.0. The normalized spacial score (nSPS) is 42.5. The molecule has 8 rings (SSSR count). The van der Waals surface area contributed by atoms with Crippen LogP contribution in [0.2, 0.25) is 0 Å². The topological polar surface area (TPSA) is 358 Å². The Bertz CT molecular complexity index is 2350. The van der Waals surface area contributed by atoms with Gasteiger partial charge in [0.2, 0.25) is 6.29 Å². The molecule has 428 valence electrons. The van der Waals surface area contributed by atoms with Gasteiger partial charge in [0.15, 0.2) is 36.7 Å². The molecule has 0 saturated carbocycles. The number of methoxy groups -OCH3 is 1. The molecule has 0 spiro atoms. The van der Waals surface area contributed by atoms with Gasteiger partial charge in [0.25, 0.3) is 0 Å². The summed E-state index contributed by atoms with van der Waals surface area (Å²) in [5, 5.41) is 120. The molecule has 2 aromatic rings. The van der Waals surface area contributed by atoms with Crippen molar-refractivity contribution in [2.45, 2.75) is 241 Å². The van der Waals surface area contributed by atoms with Crippen LogP contribution in [-0.2, 0) is 58.6 Å². The fraction of sp³-hybridized carbons (Fsp3) is 0.769. The molecule has 11 N–H and O–H groups in total. The van der Waals surface area contributed by atoms with Crippen molar-refractivity contribution in [2.24, 2.45) is 5.92 Å². The number of ketones is 2. The summed E-state index contributed by atoms with van der Waals surface area (Å²) in [7, 11) is 1.18. The first kappa shape index (κ1) is 58.8. The summed E-state index contributed by atoms with van der Waals surface area (Å²) in [6.07, 6.45) is -27.0. The molecular formula is C52H76O24. The highest BCUT2D eigenvalue weighted by Crippen LogP contribution is 2.47. The Balaban J connectivity index is 1.04. The van der Waals surface area contributed by atoms with E-state index in [-0.39, 0.29) is 71.7 Å². The molecular weight excluding hydrogens is 1010 g/mol. The van der Waals surface area contributed by atoms with Crippen LogP contribution in [0.1, 0.15) is 102 Å². The summed E-state index contributed by atoms with van der Waals surface area (Å²) in [4.78, 5) is 28.9. The minimum atomic E-state index is -1.95. The summed E-state index contributed by atoms with van der Waals surface area (Å²) in [6.45, 7) is 12.1. The molecule has 1 aliphatic carbocycles. The standard InChI is InChI=1S/C52H76O24/c1-18-29(72-34-14-30(43(58)21(4)68-34)73-33-13-28(54)42(57)20(3)67-33)12-26-10-25-11-27(49(66-9)48(63)41(56)19(2)53)50(47(62)39(25)46(61)38(26)40(18)55)76-36-16-31(44(59)23(6)70-36)74-35-15-32(45(60)22(5)69-35)75-37-17-52(8,65)51(64)24(7)71-37/h10,12,19-24,27-28,30-37,41-45,49-51,53-61,64-65H,11,13-17H2,1-9H3/t19-,20-,21-,22-,23-,24-,27?,28-,30-,31-,32-,33+,34+,35+,36+,37+,41+,42-,43-,44-,45+,49+,50+,51-,52+/m1/s1. The lowest BCUT2D eigenvalue weighted by Crippen LogP contribution is -2.58. The first-order valence-electron chi connectivity index (χ1n) is 26.0. The Kier molecular flexibility index (Phi) is 18.1. The van der Waals surface area contributed by atoms with Crippen LogP contribution in [0.5, 0.6) is 17.2 Å². The largest absolute Gasteiger partial charge is 0.507 e. The zero-order chi connectivity index (χ0) is 55.6. The van der Waals surface area contributed by atoms with Gasteiger partial charge < -0.3 is 108 Å². The first-order valence-corrected chi connectivity index (χ1v) is 26.0. The number of phenols is 2. The van der Waals surface area contributed by atoms with Crippen LogP contribution >= 0.6 is 0 Å². The number of Topliss-reactive ketones (excluding diaryl/α,β-unsaturated/α-hetero) is 2. The molecule has 0 amide bonds. The van der Waals surface area contributed by atoms with Gasteiger partial charge >= 0.3 is 0 Å². The van der Waals surface area contributed by atoms with E-state index in [4.69, 9.17) is 52.1 Å². The monoisotopic (exact) mass is 1080 g/mol. The number of fused-ring (bicyclic) bond motifs is 2. The van der Waals surface area contributed by atoms with E-state index in [0.717, 1.165) is 0 Å². The fourth-order valence-electron chi connectivity index (χ4n) is 11.3. The van der Waals surface area contributed by atoms with Crippen LogP contribution < -0.4 is 4.74 Å². The Labute approximate surface area is 439 Å². The number of ether oxygens (including phenoxy) is 11. The van der Waals surface area contributed by atoms with Crippen molar-refractivity contribution in [1.82, 2.24) is 0 Å². The number of aromatic hydroxyl groups is 2. The van der Waals surface area contributed by atoms with Crippen LogP contribution in [0.4, 0.5) is 0 Å². The second-order valence-electron chi connectivity index (χ2n) is 21.7. The Morgan fingerprint density at radius 1 is 0.684 bits per heavy atom. The predicted octanol–water partition coefficient (Wildman–Crippen LogP) is -0.249. The van der Waals surface area contributed by atoms with E-state index in [1.807, 2.05) is 0 Å². The van der Waals surface area contributed by atoms with Crippen molar-refractivity contribution in [3.8, 4) is 17.2 Å². The SMILES string of the molecule is CO[C@H](C(=O)[C@@H](O)[C@@H](C)O)C1Cc2cc3cc(O[C@H]4C[C@@H](O[C@H]5C[C@@H](O)[C@H](O)[C@@H](C)O5)[C@H](O)[C@@H](C)O4)c(C)c(O)c3c(O)c2C(=O)[C@H]1O[C@H]1C[C@@H](O[C@H]2C[C@@H](O[C@H]3C[C@](C)(O)[C@H](O)[C@@H](C)O3)[C@@H](O)[C@@H](C)O2)[C@H](O)[C@@H](C)O1. The molecule has 0 aromatic heterocycles. The summed E-state index contributed by atoms with van der Waals surface area (Å²) >= 11 is 0. The van der Waals surface area contributed by atoms with E-state index in [2.05, 4.69) is 0 Å². The lowest BCUT2D eigenvalue weighted by atomic mass is 9.75. The first-order chi connectivity index (χ1) is 35.7. The van der Waals surface area contributed by atoms with Gasteiger partial charge in [0.1, 0.15) is 66.1 Å². The van der Waals surface area contributed by atoms with Gasteiger partial charge in [-0.2, -0.15) is 0 Å². The molecule has 76 heavy (non-hydrogen) atoms. The summed E-state index contributed by atoms with van der Waals surface area (Å²) < 4.78 is 66.5. The van der Waals surface area contributed by atoms with Crippen molar-refractivity contribution in [1.29, 1.82) is 0 Å². The molecule has 5 fully saturated rings. The number of hydrogen-bond donors (Lipinski definition) is 11. The van der Waals surface area contributed by atoms with Crippen molar-refractivity contribution in [3.05, 3.63) is 28.8 Å². The second-order valence-corrected chi connectivity index (χ2v) is 21.7. The molecule has 5 aliphatic heterocycles. The maximum absolute atomic E-state index is 15.0. The molecule has 0 bridgehead atoms. The Morgan fingerprint density at radius 2 is 1.17 bits per heavy atom. The summed E-state index contributed by atoms with van der Waals surface area (Å²) in [5.74, 6) is -4.07. The van der Waals surface area contributed by atoms with E-state index >= 15 is 4.79 Å². The third kappa shape index (κ3) is 11.9. The number of benzene rings is 2. The van der Waals surface area contributed by atoms with Crippen LogP contribution in [0.25, 0.3) is 10.8 Å². The zero-order valence-corrected chi connectivity index (χ0v) is 44.0. The van der Waals surface area contributed by atoms with Gasteiger partial charge in [-0.3, -0.25) is 9.59 Å². The van der Waals surface area contributed by atoms with E-state index in [9.17, 15) is 61.0 Å². The predicted molar refractivity (Wildman–Crippen MR) is 259 cm³/mol. The molecule has 0 radical (unpaired) electrons. The highest BCUT2D eigenvalue weighted by molar-refractivity contribution is 6.11. The van der Waals surface area contributed by atoms with Gasteiger partial charge in [0, 0.05) is 50.7 Å². The number of phenolic OH excluding ortho intramolecular Hbond substituents is 2. The van der Waals surface area contributed by atoms with Crippen molar-refractivity contribution >= 4 is 22.3 Å². The van der Waals surface area contributed by atoms with E-state index in [0.29, 0.717) is 0 Å². The van der Waals surface area contributed by atoms with E-state index in [1.54, 1.807) is 27.7 Å². The number of hydrogen-bond acceptors (Lipinski definition) is 24. The van der Waals surface area contributed by atoms with Crippen LogP contribution in [-0.4, -0.2) is 222 Å². The van der Waals surface area contributed by atoms with Gasteiger partial charge in [-0.15, -0.1) is 0 Å². The second kappa shape index (κ2) is 23.4. The fourth-order valence-corrected chi connectivity index (χ4v) is 11.3.